The molecular weight excluding hydrogens is 310 g/mol. The first-order valence-corrected chi connectivity index (χ1v) is 8.81. The smallest absolute Gasteiger partial charge is 0.335 e. The Balaban J connectivity index is 2.05. The summed E-state index contributed by atoms with van der Waals surface area (Å²) in [4.78, 5) is 10.7. The standard InChI is InChI=1S/C14H15NO4S2/c1-10(13-6-7-20-8-13)15-21(18,19)9-11-2-4-12(5-3-11)14(16)17/h2-8,10,15H,9H2,1H3,(H,16,17). The molecular formula is C14H15NO4S2. The number of hydrogen-bond acceptors (Lipinski definition) is 4. The largest absolute Gasteiger partial charge is 0.478 e. The highest BCUT2D eigenvalue weighted by atomic mass is 32.2. The number of rotatable bonds is 6. The summed E-state index contributed by atoms with van der Waals surface area (Å²) < 4.78 is 26.8. The lowest BCUT2D eigenvalue weighted by Crippen LogP contribution is -2.27. The molecule has 1 aromatic carbocycles. The Morgan fingerprint density at radius 1 is 1.29 bits per heavy atom. The van der Waals surface area contributed by atoms with Crippen molar-refractivity contribution in [2.45, 2.75) is 18.7 Å². The molecule has 0 radical (unpaired) electrons. The molecule has 1 atom stereocenters. The van der Waals surface area contributed by atoms with E-state index in [4.69, 9.17) is 5.11 Å². The molecule has 7 heteroatoms. The average Bonchev–Trinajstić information content (AvgIpc) is 2.92. The minimum absolute atomic E-state index is 0.135. The molecule has 0 aliphatic heterocycles. The van der Waals surface area contributed by atoms with Crippen LogP contribution in [0.4, 0.5) is 0 Å². The molecule has 1 heterocycles. The predicted molar refractivity (Wildman–Crippen MR) is 81.9 cm³/mol. The van der Waals surface area contributed by atoms with Gasteiger partial charge in [-0.3, -0.25) is 0 Å². The van der Waals surface area contributed by atoms with Crippen LogP contribution in [0.25, 0.3) is 0 Å². The Labute approximate surface area is 127 Å². The topological polar surface area (TPSA) is 83.5 Å². The number of sulfonamides is 1. The number of carboxylic acid groups (broad SMARTS) is 1. The average molecular weight is 325 g/mol. The number of benzene rings is 1. The van der Waals surface area contributed by atoms with Gasteiger partial charge < -0.3 is 5.11 Å². The number of thiophene rings is 1. The molecule has 5 nitrogen and oxygen atoms in total. The normalized spacial score (nSPS) is 13.0. The number of aromatic carboxylic acids is 1. The maximum atomic E-state index is 12.1. The molecule has 0 saturated carbocycles. The monoisotopic (exact) mass is 325 g/mol. The highest BCUT2D eigenvalue weighted by molar-refractivity contribution is 7.88. The minimum atomic E-state index is -3.49. The maximum Gasteiger partial charge on any atom is 0.335 e. The Morgan fingerprint density at radius 3 is 2.48 bits per heavy atom. The molecule has 112 valence electrons. The fourth-order valence-corrected chi connectivity index (χ4v) is 4.01. The molecule has 2 N–H and O–H groups in total. The van der Waals surface area contributed by atoms with Gasteiger partial charge in [0.1, 0.15) is 0 Å². The van der Waals surface area contributed by atoms with Crippen molar-refractivity contribution < 1.29 is 18.3 Å². The van der Waals surface area contributed by atoms with Gasteiger partial charge in [0.15, 0.2) is 0 Å². The molecule has 21 heavy (non-hydrogen) atoms. The van der Waals surface area contributed by atoms with Gasteiger partial charge in [-0.1, -0.05) is 12.1 Å². The zero-order valence-electron chi connectivity index (χ0n) is 11.3. The molecule has 0 fully saturated rings. The lowest BCUT2D eigenvalue weighted by Gasteiger charge is -2.13. The van der Waals surface area contributed by atoms with E-state index in [0.29, 0.717) is 5.56 Å². The van der Waals surface area contributed by atoms with E-state index in [-0.39, 0.29) is 17.4 Å². The molecule has 1 unspecified atom stereocenters. The van der Waals surface area contributed by atoms with Gasteiger partial charge in [-0.05, 0) is 47.0 Å². The molecule has 0 aliphatic rings. The lowest BCUT2D eigenvalue weighted by atomic mass is 10.1. The van der Waals surface area contributed by atoms with Gasteiger partial charge in [-0.15, -0.1) is 0 Å². The van der Waals surface area contributed by atoms with Gasteiger partial charge in [-0.2, -0.15) is 11.3 Å². The van der Waals surface area contributed by atoms with E-state index in [1.165, 1.54) is 35.6 Å². The van der Waals surface area contributed by atoms with Crippen molar-refractivity contribution in [3.8, 4) is 0 Å². The van der Waals surface area contributed by atoms with Crippen LogP contribution in [0.5, 0.6) is 0 Å². The summed E-state index contributed by atoms with van der Waals surface area (Å²) in [6.45, 7) is 1.78. The van der Waals surface area contributed by atoms with Crippen molar-refractivity contribution >= 4 is 27.3 Å². The Bertz CT molecular complexity index is 706. The SMILES string of the molecule is CC(NS(=O)(=O)Cc1ccc(C(=O)O)cc1)c1ccsc1. The minimum Gasteiger partial charge on any atom is -0.478 e. The Hall–Kier alpha value is -1.70. The fraction of sp³-hybridized carbons (Fsp3) is 0.214. The van der Waals surface area contributed by atoms with Crippen LogP contribution in [-0.4, -0.2) is 19.5 Å². The zero-order valence-corrected chi connectivity index (χ0v) is 12.9. The third-order valence-corrected chi connectivity index (χ3v) is 5.08. The highest BCUT2D eigenvalue weighted by Crippen LogP contribution is 2.17. The summed E-state index contributed by atoms with van der Waals surface area (Å²) in [6.07, 6.45) is 0. The summed E-state index contributed by atoms with van der Waals surface area (Å²) in [5.41, 5.74) is 1.60. The number of carboxylic acids is 1. The van der Waals surface area contributed by atoms with Gasteiger partial charge in [0, 0.05) is 6.04 Å². The third kappa shape index (κ3) is 4.38. The molecule has 1 aromatic heterocycles. The third-order valence-electron chi connectivity index (χ3n) is 2.96. The summed E-state index contributed by atoms with van der Waals surface area (Å²) in [5, 5.41) is 12.6. The quantitative estimate of drug-likeness (QED) is 0.855. The highest BCUT2D eigenvalue weighted by Gasteiger charge is 2.17. The molecule has 0 aliphatic carbocycles. The van der Waals surface area contributed by atoms with Gasteiger partial charge >= 0.3 is 5.97 Å². The van der Waals surface area contributed by atoms with Crippen LogP contribution < -0.4 is 4.72 Å². The number of nitrogens with one attached hydrogen (secondary N) is 1. The molecule has 2 rings (SSSR count). The van der Waals surface area contributed by atoms with E-state index in [1.54, 1.807) is 6.92 Å². The second-order valence-electron chi connectivity index (χ2n) is 4.66. The summed E-state index contributed by atoms with van der Waals surface area (Å²) in [5.74, 6) is -1.21. The fourth-order valence-electron chi connectivity index (χ4n) is 1.86. The van der Waals surface area contributed by atoms with Crippen LogP contribution >= 0.6 is 11.3 Å². The first kappa shape index (κ1) is 15.7. The zero-order chi connectivity index (χ0) is 15.5. The van der Waals surface area contributed by atoms with Crippen molar-refractivity contribution in [1.29, 1.82) is 0 Å². The van der Waals surface area contributed by atoms with Crippen molar-refractivity contribution in [2.75, 3.05) is 0 Å². The van der Waals surface area contributed by atoms with Crippen molar-refractivity contribution in [1.82, 2.24) is 4.72 Å². The van der Waals surface area contributed by atoms with Crippen LogP contribution in [0.1, 0.15) is 34.5 Å². The maximum absolute atomic E-state index is 12.1. The second kappa shape index (κ2) is 6.38. The van der Waals surface area contributed by atoms with Gasteiger partial charge in [0.25, 0.3) is 0 Å². The van der Waals surface area contributed by atoms with Gasteiger partial charge in [-0.25, -0.2) is 17.9 Å². The van der Waals surface area contributed by atoms with Gasteiger partial charge in [0.2, 0.25) is 10.0 Å². The Kier molecular flexibility index (Phi) is 4.76. The summed E-state index contributed by atoms with van der Waals surface area (Å²) in [6, 6.07) is 7.40. The second-order valence-corrected chi connectivity index (χ2v) is 7.19. The van der Waals surface area contributed by atoms with E-state index in [1.807, 2.05) is 16.8 Å². The molecule has 0 spiro atoms. The van der Waals surface area contributed by atoms with Crippen molar-refractivity contribution in [2.24, 2.45) is 0 Å². The molecule has 0 saturated heterocycles. The molecule has 0 bridgehead atoms. The van der Waals surface area contributed by atoms with Crippen LogP contribution in [-0.2, 0) is 15.8 Å². The number of hydrogen-bond donors (Lipinski definition) is 2. The van der Waals surface area contributed by atoms with E-state index in [0.717, 1.165) is 5.56 Å². The van der Waals surface area contributed by atoms with Crippen LogP contribution in [0.2, 0.25) is 0 Å². The summed E-state index contributed by atoms with van der Waals surface area (Å²) >= 11 is 1.51. The van der Waals surface area contributed by atoms with Crippen molar-refractivity contribution in [3.05, 3.63) is 57.8 Å². The lowest BCUT2D eigenvalue weighted by molar-refractivity contribution is 0.0697. The van der Waals surface area contributed by atoms with Crippen LogP contribution in [0, 0.1) is 0 Å². The van der Waals surface area contributed by atoms with E-state index in [2.05, 4.69) is 4.72 Å². The first-order chi connectivity index (χ1) is 9.87. The summed E-state index contributed by atoms with van der Waals surface area (Å²) in [7, 11) is -3.49. The molecule has 2 aromatic rings. The van der Waals surface area contributed by atoms with E-state index in [9.17, 15) is 13.2 Å². The predicted octanol–water partition coefficient (Wildman–Crippen LogP) is 2.63. The van der Waals surface area contributed by atoms with Crippen LogP contribution in [0.3, 0.4) is 0 Å². The first-order valence-electron chi connectivity index (χ1n) is 6.22. The van der Waals surface area contributed by atoms with Gasteiger partial charge in [0.05, 0.1) is 11.3 Å². The van der Waals surface area contributed by atoms with Crippen molar-refractivity contribution in [3.63, 3.8) is 0 Å². The Morgan fingerprint density at radius 2 is 1.95 bits per heavy atom. The van der Waals surface area contributed by atoms with E-state index < -0.39 is 16.0 Å². The van der Waals surface area contributed by atoms with Crippen LogP contribution in [0.15, 0.2) is 41.1 Å². The number of carbonyl (C=O) groups is 1. The van der Waals surface area contributed by atoms with E-state index >= 15 is 0 Å². The molecule has 0 amide bonds.